The van der Waals surface area contributed by atoms with Gasteiger partial charge in [-0.05, 0) is 43.3 Å². The molecule has 0 spiro atoms. The Morgan fingerprint density at radius 3 is 2.57 bits per heavy atom. The van der Waals surface area contributed by atoms with E-state index in [1.165, 1.54) is 5.69 Å². The number of hydrogen-bond donors (Lipinski definition) is 1. The molecule has 0 unspecified atom stereocenters. The van der Waals surface area contributed by atoms with Crippen molar-refractivity contribution in [3.05, 3.63) is 71.9 Å². The number of nitrogens with one attached hydrogen (secondary N) is 1. The number of nitrogens with zero attached hydrogens (tertiary/aromatic N) is 3. The number of benzene rings is 2. The van der Waals surface area contributed by atoms with E-state index in [0.717, 1.165) is 66.3 Å². The predicted molar refractivity (Wildman–Crippen MR) is 118 cm³/mol. The summed E-state index contributed by atoms with van der Waals surface area (Å²) in [5, 5.41) is 8.48. The largest absolute Gasteiger partial charge is 0.454 e. The summed E-state index contributed by atoms with van der Waals surface area (Å²) in [7, 11) is 0. The lowest BCUT2D eigenvalue weighted by Gasteiger charge is -2.36. The van der Waals surface area contributed by atoms with E-state index in [1.54, 1.807) is 6.92 Å². The molecule has 0 aliphatic carbocycles. The van der Waals surface area contributed by atoms with Crippen molar-refractivity contribution in [3.63, 3.8) is 0 Å². The summed E-state index contributed by atoms with van der Waals surface area (Å²) in [6, 6.07) is 18.0. The number of para-hydroxylation sites is 1. The fourth-order valence-electron chi connectivity index (χ4n) is 4.06. The lowest BCUT2D eigenvalue weighted by atomic mass is 10.1. The maximum atomic E-state index is 11.5. The summed E-state index contributed by atoms with van der Waals surface area (Å²) in [6.07, 6.45) is 1.90. The third-order valence-electron chi connectivity index (χ3n) is 5.79. The Morgan fingerprint density at radius 2 is 1.83 bits per heavy atom. The number of carbonyl (C=O) groups excluding carboxylic acids is 1. The highest BCUT2D eigenvalue weighted by atomic mass is 16.3. The van der Waals surface area contributed by atoms with Crippen LogP contribution in [0.25, 0.3) is 22.4 Å². The average molecular weight is 400 g/mol. The van der Waals surface area contributed by atoms with Gasteiger partial charge in [-0.2, -0.15) is 5.10 Å². The van der Waals surface area contributed by atoms with Crippen LogP contribution < -0.4 is 4.90 Å². The number of hydrogen-bond acceptors (Lipinski definition) is 5. The molecule has 0 radical (unpaired) electrons. The van der Waals surface area contributed by atoms with Crippen LogP contribution in [-0.2, 0) is 6.54 Å². The molecule has 1 aliphatic heterocycles. The minimum Gasteiger partial charge on any atom is -0.454 e. The summed E-state index contributed by atoms with van der Waals surface area (Å²) in [5.41, 5.74) is 4.92. The molecule has 6 nitrogen and oxygen atoms in total. The van der Waals surface area contributed by atoms with Crippen LogP contribution in [0.15, 0.2) is 65.2 Å². The molecular formula is C24H24N4O2. The fourth-order valence-corrected chi connectivity index (χ4v) is 4.06. The first-order valence-electron chi connectivity index (χ1n) is 10.3. The third-order valence-corrected chi connectivity index (χ3v) is 5.79. The zero-order chi connectivity index (χ0) is 20.5. The zero-order valence-electron chi connectivity index (χ0n) is 17.0. The van der Waals surface area contributed by atoms with Crippen molar-refractivity contribution in [1.29, 1.82) is 0 Å². The number of H-pyrrole nitrogens is 1. The number of aromatic nitrogens is 2. The molecule has 1 N–H and O–H groups in total. The van der Waals surface area contributed by atoms with Gasteiger partial charge in [0.1, 0.15) is 11.3 Å². The highest BCUT2D eigenvalue weighted by Crippen LogP contribution is 2.29. The molecule has 1 fully saturated rings. The molecule has 0 saturated carbocycles. The second-order valence-electron chi connectivity index (χ2n) is 7.78. The molecule has 5 rings (SSSR count). The Morgan fingerprint density at radius 1 is 1.07 bits per heavy atom. The molecular weight excluding hydrogens is 376 g/mol. The highest BCUT2D eigenvalue weighted by Gasteiger charge is 2.20. The number of anilines is 1. The van der Waals surface area contributed by atoms with Gasteiger partial charge in [-0.3, -0.25) is 14.8 Å². The van der Waals surface area contributed by atoms with Crippen LogP contribution in [0, 0.1) is 0 Å². The van der Waals surface area contributed by atoms with Gasteiger partial charge in [0.15, 0.2) is 11.5 Å². The van der Waals surface area contributed by atoms with E-state index in [9.17, 15) is 4.79 Å². The van der Waals surface area contributed by atoms with Crippen molar-refractivity contribution in [2.75, 3.05) is 31.1 Å². The Balaban J connectivity index is 1.25. The van der Waals surface area contributed by atoms with Crippen LogP contribution in [-0.4, -0.2) is 47.1 Å². The Hall–Kier alpha value is -3.38. The van der Waals surface area contributed by atoms with Crippen LogP contribution in [0.3, 0.4) is 0 Å². The summed E-state index contributed by atoms with van der Waals surface area (Å²) in [4.78, 5) is 16.3. The molecule has 0 atom stereocenters. The average Bonchev–Trinajstić information content (AvgIpc) is 3.41. The van der Waals surface area contributed by atoms with Crippen molar-refractivity contribution >= 4 is 22.4 Å². The first-order chi connectivity index (χ1) is 14.7. The predicted octanol–water partition coefficient (Wildman–Crippen LogP) is 4.35. The van der Waals surface area contributed by atoms with Crippen LogP contribution in [0.4, 0.5) is 5.69 Å². The number of piperazine rings is 1. The quantitative estimate of drug-likeness (QED) is 0.505. The first-order valence-corrected chi connectivity index (χ1v) is 10.3. The Kier molecular flexibility index (Phi) is 4.85. The van der Waals surface area contributed by atoms with Gasteiger partial charge in [-0.15, -0.1) is 0 Å². The Labute approximate surface area is 175 Å². The van der Waals surface area contributed by atoms with Gasteiger partial charge in [-0.25, -0.2) is 0 Å². The molecule has 6 heteroatoms. The van der Waals surface area contributed by atoms with E-state index < -0.39 is 0 Å². The normalized spacial score (nSPS) is 15.0. The van der Waals surface area contributed by atoms with E-state index >= 15 is 0 Å². The topological polar surface area (TPSA) is 65.4 Å². The molecule has 0 amide bonds. The highest BCUT2D eigenvalue weighted by molar-refractivity contribution is 5.94. The van der Waals surface area contributed by atoms with Gasteiger partial charge in [0.05, 0.1) is 6.20 Å². The van der Waals surface area contributed by atoms with Gasteiger partial charge in [0.2, 0.25) is 0 Å². The van der Waals surface area contributed by atoms with Gasteiger partial charge >= 0.3 is 0 Å². The monoisotopic (exact) mass is 400 g/mol. The maximum Gasteiger partial charge on any atom is 0.159 e. The van der Waals surface area contributed by atoms with Crippen molar-refractivity contribution in [2.45, 2.75) is 13.5 Å². The standard InChI is InChI=1S/C24H24N4O2/c1-17(29)18-6-8-21(9-7-18)28-12-10-27(11-13-28)16-20-15-25-26-24(20)23-14-19-4-2-3-5-22(19)30-23/h2-9,14-15H,10-13,16H2,1H3,(H,25,26). The van der Waals surface area contributed by atoms with Gasteiger partial charge < -0.3 is 9.32 Å². The minimum atomic E-state index is 0.103. The fraction of sp³-hybridized carbons (Fsp3) is 0.250. The summed E-state index contributed by atoms with van der Waals surface area (Å²) in [5.74, 6) is 0.930. The smallest absolute Gasteiger partial charge is 0.159 e. The van der Waals surface area contributed by atoms with Crippen molar-refractivity contribution < 1.29 is 9.21 Å². The number of ketones is 1. The van der Waals surface area contributed by atoms with Crippen molar-refractivity contribution in [3.8, 4) is 11.5 Å². The van der Waals surface area contributed by atoms with Crippen LogP contribution >= 0.6 is 0 Å². The Bertz CT molecular complexity index is 1130. The van der Waals surface area contributed by atoms with Crippen LogP contribution in [0.5, 0.6) is 0 Å². The number of Topliss-reactive ketones (excluding diaryl/α,β-unsaturated/α-hetero) is 1. The molecule has 2 aromatic heterocycles. The molecule has 30 heavy (non-hydrogen) atoms. The molecule has 2 aromatic carbocycles. The van der Waals surface area contributed by atoms with Crippen molar-refractivity contribution in [2.24, 2.45) is 0 Å². The molecule has 1 saturated heterocycles. The van der Waals surface area contributed by atoms with Crippen LogP contribution in [0.1, 0.15) is 22.8 Å². The SMILES string of the molecule is CC(=O)c1ccc(N2CCN(Cc3cn[nH]c3-c3cc4ccccc4o3)CC2)cc1. The zero-order valence-corrected chi connectivity index (χ0v) is 17.0. The lowest BCUT2D eigenvalue weighted by Crippen LogP contribution is -2.46. The molecule has 152 valence electrons. The van der Waals surface area contributed by atoms with E-state index in [0.29, 0.717) is 0 Å². The van der Waals surface area contributed by atoms with E-state index in [-0.39, 0.29) is 5.78 Å². The van der Waals surface area contributed by atoms with Gasteiger partial charge in [0.25, 0.3) is 0 Å². The lowest BCUT2D eigenvalue weighted by molar-refractivity contribution is 0.101. The maximum absolute atomic E-state index is 11.5. The first kappa shape index (κ1) is 18.6. The number of fused-ring (bicyclic) bond motifs is 1. The second kappa shape index (κ2) is 7.80. The van der Waals surface area contributed by atoms with E-state index in [1.807, 2.05) is 48.7 Å². The third kappa shape index (κ3) is 3.62. The minimum absolute atomic E-state index is 0.103. The summed E-state index contributed by atoms with van der Waals surface area (Å²) < 4.78 is 6.02. The molecule has 0 bridgehead atoms. The molecule has 1 aliphatic rings. The second-order valence-corrected chi connectivity index (χ2v) is 7.78. The molecule has 4 aromatic rings. The molecule has 3 heterocycles. The summed E-state index contributed by atoms with van der Waals surface area (Å²) in [6.45, 7) is 6.29. The number of rotatable bonds is 5. The van der Waals surface area contributed by atoms with Gasteiger partial charge in [0, 0.05) is 54.9 Å². The van der Waals surface area contributed by atoms with Crippen LogP contribution in [0.2, 0.25) is 0 Å². The number of aromatic amines is 1. The van der Waals surface area contributed by atoms with Crippen molar-refractivity contribution in [1.82, 2.24) is 15.1 Å². The van der Waals surface area contributed by atoms with Gasteiger partial charge in [-0.1, -0.05) is 18.2 Å². The number of furan rings is 1. The number of carbonyl (C=O) groups is 1. The van der Waals surface area contributed by atoms with E-state index in [2.05, 4.69) is 32.1 Å². The summed E-state index contributed by atoms with van der Waals surface area (Å²) >= 11 is 0. The van der Waals surface area contributed by atoms with E-state index in [4.69, 9.17) is 4.42 Å².